The van der Waals surface area contributed by atoms with E-state index in [0.29, 0.717) is 12.4 Å². The van der Waals surface area contributed by atoms with Crippen LogP contribution in [0.4, 0.5) is 13.2 Å². The monoisotopic (exact) mass is 468 g/mol. The van der Waals surface area contributed by atoms with Crippen molar-refractivity contribution in [1.82, 2.24) is 10.2 Å². The van der Waals surface area contributed by atoms with Crippen LogP contribution in [-0.4, -0.2) is 49.2 Å². The Morgan fingerprint density at radius 1 is 1.03 bits per heavy atom. The Morgan fingerprint density at radius 3 is 2.20 bits per heavy atom. The van der Waals surface area contributed by atoms with Gasteiger partial charge in [0.2, 0.25) is 0 Å². The average molecular weight is 469 g/mol. The number of halogens is 5. The molecule has 1 aliphatic heterocycles. The summed E-state index contributed by atoms with van der Waals surface area (Å²) in [5.74, 6) is 0.187. The van der Waals surface area contributed by atoms with E-state index in [9.17, 15) is 18.3 Å². The van der Waals surface area contributed by atoms with Gasteiger partial charge in [0.05, 0.1) is 12.6 Å². The molecule has 0 aromatic heterocycles. The molecule has 168 valence electrons. The Morgan fingerprint density at radius 2 is 1.63 bits per heavy atom. The number of nitrogens with zero attached hydrogens (tertiary/aromatic N) is 1. The van der Waals surface area contributed by atoms with Crippen molar-refractivity contribution in [3.05, 3.63) is 53.6 Å². The Balaban J connectivity index is 0.00000225. The van der Waals surface area contributed by atoms with Gasteiger partial charge in [-0.25, -0.2) is 0 Å². The van der Waals surface area contributed by atoms with Gasteiger partial charge in [0.25, 0.3) is 0 Å². The van der Waals surface area contributed by atoms with Crippen LogP contribution in [0.15, 0.2) is 42.5 Å². The van der Waals surface area contributed by atoms with E-state index in [1.54, 1.807) is 24.3 Å². The first kappa shape index (κ1) is 26.2. The van der Waals surface area contributed by atoms with Crippen LogP contribution in [-0.2, 0) is 0 Å². The van der Waals surface area contributed by atoms with Crippen LogP contribution in [0.2, 0.25) is 0 Å². The third-order valence-corrected chi connectivity index (χ3v) is 4.55. The maximum Gasteiger partial charge on any atom is 0.573 e. The standard InChI is InChI=1S/C20H23F3N2O3.2ClH/c1-2-27-18-13-15(5-8-17(18)26)19(25-11-9-24-10-12-25)14-3-6-16(7-4-14)28-20(21,22)23;;/h3-8,13,19,24,26H,2,9-12H2,1H3;2*1H/t19-;;/m0../s1. The molecule has 1 aliphatic rings. The van der Waals surface area contributed by atoms with Crippen LogP contribution in [0.25, 0.3) is 0 Å². The summed E-state index contributed by atoms with van der Waals surface area (Å²) in [5.41, 5.74) is 1.73. The third kappa shape index (κ3) is 6.84. The van der Waals surface area contributed by atoms with E-state index in [0.717, 1.165) is 37.3 Å². The molecule has 30 heavy (non-hydrogen) atoms. The topological polar surface area (TPSA) is 54.0 Å². The molecule has 5 nitrogen and oxygen atoms in total. The second-order valence-corrected chi connectivity index (χ2v) is 6.47. The summed E-state index contributed by atoms with van der Waals surface area (Å²) in [6, 6.07) is 10.9. The van der Waals surface area contributed by atoms with Crippen LogP contribution in [0.1, 0.15) is 24.1 Å². The molecular weight excluding hydrogens is 444 g/mol. The molecule has 1 saturated heterocycles. The number of rotatable bonds is 6. The highest BCUT2D eigenvalue weighted by atomic mass is 35.5. The molecule has 0 spiro atoms. The first-order chi connectivity index (χ1) is 13.4. The van der Waals surface area contributed by atoms with E-state index in [1.807, 2.05) is 13.0 Å². The average Bonchev–Trinajstić information content (AvgIpc) is 2.66. The molecule has 0 unspecified atom stereocenters. The number of hydrogen-bond donors (Lipinski definition) is 2. The normalized spacial score (nSPS) is 15.5. The van der Waals surface area contributed by atoms with Gasteiger partial charge in [-0.15, -0.1) is 38.0 Å². The van der Waals surface area contributed by atoms with Crippen molar-refractivity contribution in [2.75, 3.05) is 32.8 Å². The van der Waals surface area contributed by atoms with Gasteiger partial charge >= 0.3 is 6.36 Å². The Kier molecular flexibility index (Phi) is 10.0. The first-order valence-corrected chi connectivity index (χ1v) is 9.13. The number of phenols is 1. The summed E-state index contributed by atoms with van der Waals surface area (Å²) in [6.45, 7) is 5.47. The zero-order chi connectivity index (χ0) is 20.1. The van der Waals surface area contributed by atoms with E-state index < -0.39 is 6.36 Å². The molecule has 1 atom stereocenters. The van der Waals surface area contributed by atoms with Gasteiger partial charge in [0.1, 0.15) is 5.75 Å². The Bertz CT molecular complexity index is 786. The lowest BCUT2D eigenvalue weighted by atomic mass is 9.96. The predicted molar refractivity (Wildman–Crippen MR) is 113 cm³/mol. The minimum atomic E-state index is -4.72. The zero-order valence-electron chi connectivity index (χ0n) is 16.3. The molecule has 1 heterocycles. The highest BCUT2D eigenvalue weighted by Crippen LogP contribution is 2.36. The molecule has 0 saturated carbocycles. The number of aromatic hydroxyl groups is 1. The van der Waals surface area contributed by atoms with Gasteiger partial charge < -0.3 is 19.9 Å². The number of benzene rings is 2. The van der Waals surface area contributed by atoms with Crippen molar-refractivity contribution in [3.8, 4) is 17.2 Å². The van der Waals surface area contributed by atoms with Gasteiger partial charge in [0.15, 0.2) is 11.5 Å². The number of nitrogens with one attached hydrogen (secondary N) is 1. The molecule has 0 amide bonds. The van der Waals surface area contributed by atoms with E-state index >= 15 is 0 Å². The number of piperazine rings is 1. The van der Waals surface area contributed by atoms with Crippen molar-refractivity contribution in [2.45, 2.75) is 19.3 Å². The SMILES string of the molecule is CCOc1cc([C@H](c2ccc(OC(F)(F)F)cc2)N2CCNCC2)ccc1O.Cl.Cl. The van der Waals surface area contributed by atoms with Crippen LogP contribution < -0.4 is 14.8 Å². The van der Waals surface area contributed by atoms with Gasteiger partial charge in [-0.05, 0) is 42.3 Å². The van der Waals surface area contributed by atoms with Crippen molar-refractivity contribution in [2.24, 2.45) is 0 Å². The van der Waals surface area contributed by atoms with Gasteiger partial charge in [-0.2, -0.15) is 0 Å². The maximum absolute atomic E-state index is 12.4. The van der Waals surface area contributed by atoms with Crippen LogP contribution in [0.5, 0.6) is 17.2 Å². The summed E-state index contributed by atoms with van der Waals surface area (Å²) in [7, 11) is 0. The van der Waals surface area contributed by atoms with Crippen LogP contribution in [0.3, 0.4) is 0 Å². The lowest BCUT2D eigenvalue weighted by molar-refractivity contribution is -0.274. The fraction of sp³-hybridized carbons (Fsp3) is 0.400. The van der Waals surface area contributed by atoms with Gasteiger partial charge in [-0.3, -0.25) is 4.90 Å². The van der Waals surface area contributed by atoms with E-state index in [4.69, 9.17) is 4.74 Å². The lowest BCUT2D eigenvalue weighted by Crippen LogP contribution is -2.45. The van der Waals surface area contributed by atoms with Crippen LogP contribution >= 0.6 is 24.8 Å². The number of hydrogen-bond acceptors (Lipinski definition) is 5. The highest BCUT2D eigenvalue weighted by Gasteiger charge is 2.31. The summed E-state index contributed by atoms with van der Waals surface area (Å²) in [5, 5.41) is 13.3. The van der Waals surface area contributed by atoms with Crippen LogP contribution in [0, 0.1) is 0 Å². The molecule has 2 N–H and O–H groups in total. The number of ether oxygens (including phenoxy) is 2. The van der Waals surface area contributed by atoms with Crippen molar-refractivity contribution in [3.63, 3.8) is 0 Å². The lowest BCUT2D eigenvalue weighted by Gasteiger charge is -2.35. The summed E-state index contributed by atoms with van der Waals surface area (Å²) < 4.78 is 46.8. The molecule has 0 radical (unpaired) electrons. The maximum atomic E-state index is 12.4. The molecule has 0 bridgehead atoms. The summed E-state index contributed by atoms with van der Waals surface area (Å²) >= 11 is 0. The number of alkyl halides is 3. The van der Waals surface area contributed by atoms with Crippen molar-refractivity contribution in [1.29, 1.82) is 0 Å². The zero-order valence-corrected chi connectivity index (χ0v) is 17.9. The first-order valence-electron chi connectivity index (χ1n) is 9.13. The van der Waals surface area contributed by atoms with E-state index in [2.05, 4.69) is 15.0 Å². The van der Waals surface area contributed by atoms with Gasteiger partial charge in [-0.1, -0.05) is 18.2 Å². The Labute approximate surface area is 186 Å². The molecule has 1 fully saturated rings. The minimum Gasteiger partial charge on any atom is -0.504 e. The quantitative estimate of drug-likeness (QED) is 0.652. The molecule has 0 aliphatic carbocycles. The fourth-order valence-corrected chi connectivity index (χ4v) is 3.38. The molecular formula is C20H25Cl2F3N2O3. The fourth-order valence-electron chi connectivity index (χ4n) is 3.38. The van der Waals surface area contributed by atoms with Crippen molar-refractivity contribution < 1.29 is 27.8 Å². The highest BCUT2D eigenvalue weighted by molar-refractivity contribution is 5.85. The predicted octanol–water partition coefficient (Wildman–Crippen LogP) is 4.53. The number of phenolic OH excluding ortho intramolecular Hbond substituents is 1. The van der Waals surface area contributed by atoms with E-state index in [1.165, 1.54) is 12.1 Å². The second-order valence-electron chi connectivity index (χ2n) is 6.47. The summed E-state index contributed by atoms with van der Waals surface area (Å²) in [4.78, 5) is 2.25. The second kappa shape index (κ2) is 11.5. The largest absolute Gasteiger partial charge is 0.573 e. The van der Waals surface area contributed by atoms with Crippen molar-refractivity contribution >= 4 is 24.8 Å². The van der Waals surface area contributed by atoms with Gasteiger partial charge in [0, 0.05) is 26.2 Å². The molecule has 10 heteroatoms. The molecule has 2 aromatic rings. The minimum absolute atomic E-state index is 0. The third-order valence-electron chi connectivity index (χ3n) is 4.55. The smallest absolute Gasteiger partial charge is 0.504 e. The summed E-state index contributed by atoms with van der Waals surface area (Å²) in [6.07, 6.45) is -4.72. The molecule has 2 aromatic carbocycles. The molecule has 3 rings (SSSR count). The van der Waals surface area contributed by atoms with E-state index in [-0.39, 0.29) is 42.4 Å². The Hall–Kier alpha value is -1.87.